The molecule has 1 aliphatic heterocycles. The molecule has 2 N–H and O–H groups in total. The molecule has 0 bridgehead atoms. The third-order valence-electron chi connectivity index (χ3n) is 5.33. The van der Waals surface area contributed by atoms with Gasteiger partial charge in [0.1, 0.15) is 16.3 Å². The van der Waals surface area contributed by atoms with Gasteiger partial charge in [-0.2, -0.15) is 0 Å². The summed E-state index contributed by atoms with van der Waals surface area (Å²) in [6.07, 6.45) is 4.04. The van der Waals surface area contributed by atoms with Crippen molar-refractivity contribution in [1.82, 2.24) is 20.5 Å². The molecule has 2 atom stereocenters. The number of carbonyl (C=O) groups is 3. The Morgan fingerprint density at radius 2 is 2.17 bits per heavy atom. The van der Waals surface area contributed by atoms with Gasteiger partial charge in [0.2, 0.25) is 0 Å². The van der Waals surface area contributed by atoms with Crippen molar-refractivity contribution in [1.29, 1.82) is 0 Å². The molecule has 0 unspecified atom stereocenters. The highest BCUT2D eigenvalue weighted by atomic mass is 35.5. The second-order valence-corrected chi connectivity index (χ2v) is 8.93. The number of nitrogens with one attached hydrogen (secondary N) is 2. The molecule has 2 aliphatic rings. The van der Waals surface area contributed by atoms with Gasteiger partial charge in [0.25, 0.3) is 5.91 Å². The molecule has 1 spiro atoms. The molecule has 9 heteroatoms. The number of amides is 4. The zero-order chi connectivity index (χ0) is 21.2. The molecule has 1 aromatic rings. The highest BCUT2D eigenvalue weighted by Gasteiger charge is 2.56. The summed E-state index contributed by atoms with van der Waals surface area (Å²) in [5.41, 5.74) is -1.01. The minimum Gasteiger partial charge on any atom is -0.444 e. The van der Waals surface area contributed by atoms with Crippen LogP contribution < -0.4 is 10.6 Å². The average molecular weight is 423 g/mol. The minimum atomic E-state index is -1.01. The summed E-state index contributed by atoms with van der Waals surface area (Å²) in [6, 6.07) is 3.01. The first-order chi connectivity index (χ1) is 13.6. The van der Waals surface area contributed by atoms with E-state index in [0.717, 1.165) is 19.3 Å². The molecule has 0 radical (unpaired) electrons. The van der Waals surface area contributed by atoms with Crippen molar-refractivity contribution in [3.8, 4) is 0 Å². The molecule has 4 amide bonds. The number of hydrogen-bond acceptors (Lipinski definition) is 5. The minimum absolute atomic E-state index is 0.0608. The number of alkyl carbamates (subject to hydrolysis) is 1. The molecule has 1 aliphatic carbocycles. The summed E-state index contributed by atoms with van der Waals surface area (Å²) in [7, 11) is 0. The Bertz CT molecular complexity index is 810. The second-order valence-electron chi connectivity index (χ2n) is 8.57. The Kier molecular flexibility index (Phi) is 6.03. The molecule has 158 valence electrons. The summed E-state index contributed by atoms with van der Waals surface area (Å²) < 4.78 is 5.29. The summed E-state index contributed by atoms with van der Waals surface area (Å²) in [5, 5.41) is 5.93. The highest BCUT2D eigenvalue weighted by molar-refractivity contribution is 6.30. The smallest absolute Gasteiger partial charge is 0.407 e. The van der Waals surface area contributed by atoms with Crippen molar-refractivity contribution in [3.63, 3.8) is 0 Å². The Morgan fingerprint density at radius 3 is 2.86 bits per heavy atom. The molecule has 8 nitrogen and oxygen atoms in total. The molecule has 0 aromatic carbocycles. The Hall–Kier alpha value is -2.35. The van der Waals surface area contributed by atoms with Gasteiger partial charge in [-0.05, 0) is 39.7 Å². The van der Waals surface area contributed by atoms with Crippen LogP contribution in [0.2, 0.25) is 5.15 Å². The number of rotatable bonds is 4. The third kappa shape index (κ3) is 4.63. The first kappa shape index (κ1) is 21.4. The topological polar surface area (TPSA) is 101 Å². The number of urea groups is 1. The molecular formula is C20H27ClN4O4. The molecule has 1 saturated heterocycles. The molecule has 1 aromatic heterocycles. The van der Waals surface area contributed by atoms with Crippen LogP contribution in [0.4, 0.5) is 9.59 Å². The van der Waals surface area contributed by atoms with E-state index in [1.54, 1.807) is 39.1 Å². The molecule has 3 rings (SSSR count). The van der Waals surface area contributed by atoms with Crippen LogP contribution in [0.15, 0.2) is 18.3 Å². The van der Waals surface area contributed by atoms with E-state index in [-0.39, 0.29) is 30.1 Å². The lowest BCUT2D eigenvalue weighted by Gasteiger charge is -2.39. The van der Waals surface area contributed by atoms with Crippen LogP contribution in [-0.4, -0.2) is 45.6 Å². The molecular weight excluding hydrogens is 396 g/mol. The highest BCUT2D eigenvalue weighted by Crippen LogP contribution is 2.39. The number of nitrogens with zero attached hydrogens (tertiary/aromatic N) is 2. The number of hydrogen-bond donors (Lipinski definition) is 2. The van der Waals surface area contributed by atoms with E-state index in [2.05, 4.69) is 15.6 Å². The van der Waals surface area contributed by atoms with E-state index >= 15 is 0 Å². The van der Waals surface area contributed by atoms with Gasteiger partial charge in [-0.15, -0.1) is 0 Å². The van der Waals surface area contributed by atoms with E-state index < -0.39 is 23.3 Å². The van der Waals surface area contributed by atoms with Crippen LogP contribution in [0.25, 0.3) is 0 Å². The number of carbonyl (C=O) groups excluding carboxylic acids is 3. The Balaban J connectivity index is 1.74. The van der Waals surface area contributed by atoms with Crippen LogP contribution in [0.3, 0.4) is 0 Å². The van der Waals surface area contributed by atoms with Gasteiger partial charge in [0.15, 0.2) is 0 Å². The fourth-order valence-corrected chi connectivity index (χ4v) is 4.16. The Morgan fingerprint density at radius 1 is 1.41 bits per heavy atom. The van der Waals surface area contributed by atoms with Crippen molar-refractivity contribution in [3.05, 3.63) is 29.0 Å². The van der Waals surface area contributed by atoms with E-state index in [1.165, 1.54) is 4.90 Å². The Labute approximate surface area is 175 Å². The van der Waals surface area contributed by atoms with Gasteiger partial charge >= 0.3 is 12.1 Å². The van der Waals surface area contributed by atoms with Crippen LogP contribution in [0, 0.1) is 5.92 Å². The van der Waals surface area contributed by atoms with Crippen molar-refractivity contribution in [2.24, 2.45) is 5.92 Å². The SMILES string of the molecule is CC(C)(C)OC(=O)NC[C@H]1CCCC[C@]12NC(=O)N(Cc1cccnc1Cl)C2=O. The average Bonchev–Trinajstić information content (AvgIpc) is 2.86. The summed E-state index contributed by atoms with van der Waals surface area (Å²) in [6.45, 7) is 5.68. The van der Waals surface area contributed by atoms with Crippen molar-refractivity contribution in [2.45, 2.75) is 64.1 Å². The number of pyridine rings is 1. The summed E-state index contributed by atoms with van der Waals surface area (Å²) >= 11 is 6.10. The maximum atomic E-state index is 13.3. The van der Waals surface area contributed by atoms with Gasteiger partial charge in [0, 0.05) is 24.2 Å². The monoisotopic (exact) mass is 422 g/mol. The van der Waals surface area contributed by atoms with Crippen LogP contribution >= 0.6 is 11.6 Å². The van der Waals surface area contributed by atoms with Crippen molar-refractivity contribution in [2.75, 3.05) is 6.54 Å². The maximum Gasteiger partial charge on any atom is 0.407 e. The van der Waals surface area contributed by atoms with Gasteiger partial charge in [-0.25, -0.2) is 14.6 Å². The lowest BCUT2D eigenvalue weighted by Crippen LogP contribution is -2.57. The lowest BCUT2D eigenvalue weighted by atomic mass is 9.72. The first-order valence-electron chi connectivity index (χ1n) is 9.83. The number of imide groups is 1. The fourth-order valence-electron chi connectivity index (χ4n) is 3.98. The van der Waals surface area contributed by atoms with E-state index in [0.29, 0.717) is 12.0 Å². The zero-order valence-electron chi connectivity index (χ0n) is 17.0. The normalized spacial score (nSPS) is 24.6. The predicted octanol–water partition coefficient (Wildman–Crippen LogP) is 3.24. The fraction of sp³-hybridized carbons (Fsp3) is 0.600. The zero-order valence-corrected chi connectivity index (χ0v) is 17.7. The largest absolute Gasteiger partial charge is 0.444 e. The first-order valence-corrected chi connectivity index (χ1v) is 10.2. The molecule has 29 heavy (non-hydrogen) atoms. The van der Waals surface area contributed by atoms with E-state index in [1.807, 2.05) is 0 Å². The summed E-state index contributed by atoms with van der Waals surface area (Å²) in [4.78, 5) is 43.2. The van der Waals surface area contributed by atoms with Gasteiger partial charge in [-0.1, -0.05) is 30.5 Å². The second kappa shape index (κ2) is 8.18. The van der Waals surface area contributed by atoms with Gasteiger partial charge in [-0.3, -0.25) is 9.69 Å². The standard InChI is InChI=1S/C20H27ClN4O4/c1-19(2,3)29-18(28)23-11-14-8-4-5-9-20(14)16(26)25(17(27)24-20)12-13-7-6-10-22-15(13)21/h6-7,10,14H,4-5,8-9,11-12H2,1-3H3,(H,23,28)(H,24,27)/t14-,20+/m1/s1. The van der Waals surface area contributed by atoms with Crippen LogP contribution in [-0.2, 0) is 16.1 Å². The van der Waals surface area contributed by atoms with E-state index in [4.69, 9.17) is 16.3 Å². The van der Waals surface area contributed by atoms with Crippen LogP contribution in [0.1, 0.15) is 52.0 Å². The van der Waals surface area contributed by atoms with Crippen molar-refractivity contribution >= 4 is 29.6 Å². The van der Waals surface area contributed by atoms with E-state index in [9.17, 15) is 14.4 Å². The molecule has 2 heterocycles. The number of ether oxygens (including phenoxy) is 1. The van der Waals surface area contributed by atoms with Gasteiger partial charge < -0.3 is 15.4 Å². The van der Waals surface area contributed by atoms with Crippen molar-refractivity contribution < 1.29 is 19.1 Å². The summed E-state index contributed by atoms with van der Waals surface area (Å²) in [5.74, 6) is -0.493. The molecule has 1 saturated carbocycles. The third-order valence-corrected chi connectivity index (χ3v) is 5.67. The van der Waals surface area contributed by atoms with Crippen LogP contribution in [0.5, 0.6) is 0 Å². The number of halogens is 1. The van der Waals surface area contributed by atoms with Gasteiger partial charge in [0.05, 0.1) is 6.54 Å². The maximum absolute atomic E-state index is 13.3. The number of aromatic nitrogens is 1. The lowest BCUT2D eigenvalue weighted by molar-refractivity contribution is -0.134. The molecule has 2 fully saturated rings. The predicted molar refractivity (Wildman–Crippen MR) is 107 cm³/mol. The quantitative estimate of drug-likeness (QED) is 0.573.